The highest BCUT2D eigenvalue weighted by Gasteiger charge is 2.43. The Bertz CT molecular complexity index is 2030. The highest BCUT2D eigenvalue weighted by molar-refractivity contribution is 6.16. The van der Waals surface area contributed by atoms with Gasteiger partial charge in [0, 0.05) is 52.3 Å². The maximum absolute atomic E-state index is 9.92. The average molecular weight is 546 g/mol. The second kappa shape index (κ2) is 9.64. The minimum atomic E-state index is -0.211. The molecule has 5 aromatic rings. The van der Waals surface area contributed by atoms with Crippen molar-refractivity contribution in [3.63, 3.8) is 0 Å². The van der Waals surface area contributed by atoms with E-state index in [1.54, 1.807) is 0 Å². The quantitative estimate of drug-likeness (QED) is 0.206. The van der Waals surface area contributed by atoms with Crippen LogP contribution in [0.3, 0.4) is 0 Å². The van der Waals surface area contributed by atoms with Gasteiger partial charge in [-0.15, -0.1) is 0 Å². The van der Waals surface area contributed by atoms with Gasteiger partial charge in [0.05, 0.1) is 23.7 Å². The zero-order valence-electron chi connectivity index (χ0n) is 24.9. The maximum atomic E-state index is 9.92. The average Bonchev–Trinajstić information content (AvgIpc) is 3.64. The number of rotatable bonds is 5. The van der Waals surface area contributed by atoms with Crippen LogP contribution in [0.25, 0.3) is 38.9 Å². The van der Waals surface area contributed by atoms with E-state index in [2.05, 4.69) is 128 Å². The van der Waals surface area contributed by atoms with Gasteiger partial charge in [0.15, 0.2) is 0 Å². The van der Waals surface area contributed by atoms with Gasteiger partial charge in [-0.25, -0.2) is 0 Å². The molecule has 42 heavy (non-hydrogen) atoms. The topological polar surface area (TPSA) is 32.0 Å². The van der Waals surface area contributed by atoms with Gasteiger partial charge in [-0.3, -0.25) is 0 Å². The number of nitrogens with zero attached hydrogens (tertiary/aromatic N) is 3. The molecule has 1 heterocycles. The summed E-state index contributed by atoms with van der Waals surface area (Å²) in [6, 6.07) is 26.4. The summed E-state index contributed by atoms with van der Waals surface area (Å²) in [5.41, 5.74) is 12.5. The maximum Gasteiger partial charge on any atom is 0.0758 e. The number of para-hydroxylation sites is 1. The molecule has 1 atom stereocenters. The van der Waals surface area contributed by atoms with E-state index in [-0.39, 0.29) is 5.41 Å². The van der Waals surface area contributed by atoms with E-state index < -0.39 is 0 Å². The first-order valence-electron chi connectivity index (χ1n) is 14.8. The zero-order valence-corrected chi connectivity index (χ0v) is 24.9. The van der Waals surface area contributed by atoms with Crippen LogP contribution in [0.1, 0.15) is 62.3 Å². The summed E-state index contributed by atoms with van der Waals surface area (Å²) in [4.78, 5) is 2.29. The predicted octanol–water partition coefficient (Wildman–Crippen LogP) is 10.3. The largest absolute Gasteiger partial charge is 0.350 e. The van der Waals surface area contributed by atoms with Gasteiger partial charge >= 0.3 is 0 Å². The molecule has 1 aromatic heterocycles. The van der Waals surface area contributed by atoms with E-state index in [0.717, 1.165) is 17.1 Å². The van der Waals surface area contributed by atoms with E-state index in [0.29, 0.717) is 12.3 Å². The summed E-state index contributed by atoms with van der Waals surface area (Å²) < 4.78 is 2.31. The van der Waals surface area contributed by atoms with E-state index in [1.165, 1.54) is 55.1 Å². The molecule has 7 rings (SSSR count). The van der Waals surface area contributed by atoms with E-state index in [4.69, 9.17) is 0 Å². The summed E-state index contributed by atoms with van der Waals surface area (Å²) in [6.07, 6.45) is 13.3. The molecule has 0 amide bonds. The Labute approximate surface area is 248 Å². The number of benzene rings is 4. The van der Waals surface area contributed by atoms with E-state index in [9.17, 15) is 5.26 Å². The number of anilines is 2. The fourth-order valence-electron chi connectivity index (χ4n) is 7.45. The molecule has 0 saturated carbocycles. The Morgan fingerprint density at radius 2 is 1.74 bits per heavy atom. The third-order valence-corrected chi connectivity index (χ3v) is 9.27. The van der Waals surface area contributed by atoms with Crippen LogP contribution in [0.2, 0.25) is 0 Å². The van der Waals surface area contributed by atoms with Gasteiger partial charge < -0.3 is 9.47 Å². The van der Waals surface area contributed by atoms with Crippen LogP contribution in [0.15, 0.2) is 103 Å². The lowest BCUT2D eigenvalue weighted by molar-refractivity contribution is 0.649. The smallest absolute Gasteiger partial charge is 0.0758 e. The highest BCUT2D eigenvalue weighted by atomic mass is 15.1. The number of aryl methyl sites for hydroxylation is 1. The zero-order chi connectivity index (χ0) is 29.2. The van der Waals surface area contributed by atoms with Crippen molar-refractivity contribution in [3.05, 3.63) is 125 Å². The molecule has 0 spiro atoms. The minimum absolute atomic E-state index is 0.211. The van der Waals surface area contributed by atoms with Gasteiger partial charge in [0.25, 0.3) is 0 Å². The lowest BCUT2D eigenvalue weighted by atomic mass is 9.77. The number of nitriles is 1. The molecule has 1 unspecified atom stereocenters. The lowest BCUT2D eigenvalue weighted by Crippen LogP contribution is -2.20. The number of fused-ring (bicyclic) bond motifs is 10. The van der Waals surface area contributed by atoms with Crippen molar-refractivity contribution in [2.24, 2.45) is 7.05 Å². The molecule has 0 aliphatic heterocycles. The molecular weight excluding hydrogens is 510 g/mol. The van der Waals surface area contributed by atoms with Gasteiger partial charge in [-0.1, -0.05) is 87.5 Å². The van der Waals surface area contributed by atoms with Crippen molar-refractivity contribution in [3.8, 4) is 17.2 Å². The second-order valence-corrected chi connectivity index (χ2v) is 12.1. The summed E-state index contributed by atoms with van der Waals surface area (Å²) in [7, 11) is 2.18. The first kappa shape index (κ1) is 26.1. The lowest BCUT2D eigenvalue weighted by Gasteiger charge is -2.31. The highest BCUT2D eigenvalue weighted by Crippen LogP contribution is 2.59. The van der Waals surface area contributed by atoms with Gasteiger partial charge in [-0.05, 0) is 70.5 Å². The number of allylic oxidation sites excluding steroid dienone is 5. The number of aromatic nitrogens is 1. The molecule has 206 valence electrons. The van der Waals surface area contributed by atoms with Crippen LogP contribution >= 0.6 is 0 Å². The van der Waals surface area contributed by atoms with Crippen LogP contribution in [-0.4, -0.2) is 4.57 Å². The van der Waals surface area contributed by atoms with Crippen LogP contribution < -0.4 is 4.90 Å². The molecule has 0 fully saturated rings. The molecule has 0 radical (unpaired) electrons. The standard InChI is InChI=1S/C39H35N3/c1-6-7-13-27(20-22-40)42(26-14-9-8-10-15-26)33-24-32-35(29-17-12-11-16-28(29)33)36-37(39(32,3)4)34-25(2)18-19-30(34)31-21-23-41(5)38(31)36/h6-19,21,23-25H,20H2,1-5H3/b7-6-,27-13+. The van der Waals surface area contributed by atoms with Gasteiger partial charge in [-0.2, -0.15) is 5.26 Å². The van der Waals surface area contributed by atoms with Crippen LogP contribution in [-0.2, 0) is 12.5 Å². The predicted molar refractivity (Wildman–Crippen MR) is 177 cm³/mol. The molecule has 2 aliphatic rings. The van der Waals surface area contributed by atoms with Crippen LogP contribution in [0.5, 0.6) is 0 Å². The summed E-state index contributed by atoms with van der Waals surface area (Å²) in [6.45, 7) is 9.14. The third kappa shape index (κ3) is 3.58. The molecule has 2 aliphatic carbocycles. The van der Waals surface area contributed by atoms with Gasteiger partial charge in [0.1, 0.15) is 0 Å². The van der Waals surface area contributed by atoms with Crippen molar-refractivity contribution in [2.75, 3.05) is 4.90 Å². The Morgan fingerprint density at radius 3 is 2.48 bits per heavy atom. The number of hydrogen-bond acceptors (Lipinski definition) is 2. The molecule has 3 heteroatoms. The monoisotopic (exact) mass is 545 g/mol. The molecule has 0 N–H and O–H groups in total. The SMILES string of the molecule is C/C=C\C=C(/CC#N)N(c1ccccc1)c1cc2c(c3ccccc13)-c1c(c3c(c4ccn(C)c14)C=CC3C)C2(C)C. The Morgan fingerprint density at radius 1 is 1.00 bits per heavy atom. The Hall–Kier alpha value is -4.81. The van der Waals surface area contributed by atoms with Crippen molar-refractivity contribution in [1.82, 2.24) is 4.57 Å². The summed E-state index contributed by atoms with van der Waals surface area (Å²) in [5.74, 6) is 0.365. The molecule has 0 saturated heterocycles. The molecule has 3 nitrogen and oxygen atoms in total. The van der Waals surface area contributed by atoms with Crippen molar-refractivity contribution >= 4 is 39.1 Å². The van der Waals surface area contributed by atoms with Crippen molar-refractivity contribution in [1.29, 1.82) is 5.26 Å². The summed E-state index contributed by atoms with van der Waals surface area (Å²) >= 11 is 0. The third-order valence-electron chi connectivity index (χ3n) is 9.27. The fourth-order valence-corrected chi connectivity index (χ4v) is 7.45. The van der Waals surface area contributed by atoms with Gasteiger partial charge in [0.2, 0.25) is 0 Å². The van der Waals surface area contributed by atoms with E-state index >= 15 is 0 Å². The van der Waals surface area contributed by atoms with Crippen molar-refractivity contribution < 1.29 is 0 Å². The molecule has 0 bridgehead atoms. The van der Waals surface area contributed by atoms with Crippen LogP contribution in [0.4, 0.5) is 11.4 Å². The fraction of sp³-hybridized carbons (Fsp3) is 0.205. The Balaban J connectivity index is 1.62. The first-order valence-corrected chi connectivity index (χ1v) is 14.8. The molecule has 4 aromatic carbocycles. The normalized spacial score (nSPS) is 16.7. The number of hydrogen-bond donors (Lipinski definition) is 0. The van der Waals surface area contributed by atoms with Crippen molar-refractivity contribution in [2.45, 2.75) is 45.4 Å². The Kier molecular flexibility index (Phi) is 5.99. The molecular formula is C39H35N3. The van der Waals surface area contributed by atoms with Crippen LogP contribution in [0, 0.1) is 11.3 Å². The van der Waals surface area contributed by atoms with E-state index in [1.807, 2.05) is 25.1 Å². The first-order chi connectivity index (χ1) is 20.4. The minimum Gasteiger partial charge on any atom is -0.350 e. The summed E-state index contributed by atoms with van der Waals surface area (Å²) in [5, 5.41) is 13.7. The second-order valence-electron chi connectivity index (χ2n) is 12.1.